The number of nitrogens with one attached hydrogen (secondary N) is 1. The van der Waals surface area contributed by atoms with Gasteiger partial charge in [-0.3, -0.25) is 4.79 Å². The lowest BCUT2D eigenvalue weighted by atomic mass is 10.1. The van der Waals surface area contributed by atoms with Crippen molar-refractivity contribution in [2.45, 2.75) is 12.3 Å². The molecule has 1 saturated carbocycles. The van der Waals surface area contributed by atoms with Crippen molar-refractivity contribution in [1.82, 2.24) is 4.98 Å². The Labute approximate surface area is 111 Å². The molecular weight excluding hydrogens is 240 g/mol. The Kier molecular flexibility index (Phi) is 2.91. The molecule has 2 aromatic rings. The number of carbonyl (C=O) groups is 1. The van der Waals surface area contributed by atoms with Crippen molar-refractivity contribution in [1.29, 1.82) is 0 Å². The van der Waals surface area contributed by atoms with Crippen LogP contribution in [0.2, 0.25) is 0 Å². The number of amides is 1. The van der Waals surface area contributed by atoms with E-state index in [1.807, 2.05) is 18.2 Å². The fraction of sp³-hybridized carbons (Fsp3) is 0.200. The first-order valence-electron chi connectivity index (χ1n) is 6.25. The number of pyridine rings is 1. The van der Waals surface area contributed by atoms with Gasteiger partial charge in [0.1, 0.15) is 11.6 Å². The number of aromatic hydroxyl groups is 1. The summed E-state index contributed by atoms with van der Waals surface area (Å²) in [6, 6.07) is 13.2. The maximum Gasteiger partial charge on any atom is 0.229 e. The first-order chi connectivity index (χ1) is 9.24. The molecule has 1 heterocycles. The van der Waals surface area contributed by atoms with Crippen molar-refractivity contribution < 1.29 is 9.90 Å². The van der Waals surface area contributed by atoms with Crippen LogP contribution in [-0.4, -0.2) is 16.0 Å². The van der Waals surface area contributed by atoms with Gasteiger partial charge in [-0.25, -0.2) is 4.98 Å². The lowest BCUT2D eigenvalue weighted by Gasteiger charge is -2.04. The van der Waals surface area contributed by atoms with Gasteiger partial charge in [-0.2, -0.15) is 0 Å². The van der Waals surface area contributed by atoms with Gasteiger partial charge in [0.05, 0.1) is 6.20 Å². The van der Waals surface area contributed by atoms with E-state index in [0.717, 1.165) is 6.42 Å². The molecule has 2 N–H and O–H groups in total. The molecule has 2 atom stereocenters. The topological polar surface area (TPSA) is 62.2 Å². The number of carbonyl (C=O) groups excluding carboxylic acids is 1. The molecule has 19 heavy (non-hydrogen) atoms. The van der Waals surface area contributed by atoms with Crippen LogP contribution in [0.15, 0.2) is 48.7 Å². The highest BCUT2D eigenvalue weighted by atomic mass is 16.3. The third-order valence-corrected chi connectivity index (χ3v) is 3.35. The molecule has 0 saturated heterocycles. The first-order valence-corrected chi connectivity index (χ1v) is 6.25. The largest absolute Gasteiger partial charge is 0.506 e. The Bertz CT molecular complexity index is 581. The third-order valence-electron chi connectivity index (χ3n) is 3.35. The average Bonchev–Trinajstić information content (AvgIpc) is 3.23. The van der Waals surface area contributed by atoms with Gasteiger partial charge in [0.15, 0.2) is 0 Å². The second-order valence-electron chi connectivity index (χ2n) is 4.75. The molecule has 4 nitrogen and oxygen atoms in total. The van der Waals surface area contributed by atoms with E-state index in [-0.39, 0.29) is 17.6 Å². The summed E-state index contributed by atoms with van der Waals surface area (Å²) in [5.74, 6) is 0.899. The van der Waals surface area contributed by atoms with Gasteiger partial charge in [-0.05, 0) is 30.0 Å². The Morgan fingerprint density at radius 2 is 2.00 bits per heavy atom. The van der Waals surface area contributed by atoms with Gasteiger partial charge >= 0.3 is 0 Å². The molecule has 0 aliphatic heterocycles. The van der Waals surface area contributed by atoms with E-state index in [1.54, 1.807) is 6.07 Å². The number of benzene rings is 1. The Morgan fingerprint density at radius 1 is 1.21 bits per heavy atom. The molecule has 1 fully saturated rings. The Hall–Kier alpha value is -2.36. The zero-order valence-electron chi connectivity index (χ0n) is 10.3. The first kappa shape index (κ1) is 11.7. The van der Waals surface area contributed by atoms with Gasteiger partial charge < -0.3 is 10.4 Å². The number of hydrogen-bond donors (Lipinski definition) is 2. The number of anilines is 1. The fourth-order valence-electron chi connectivity index (χ4n) is 2.23. The predicted octanol–water partition coefficient (Wildman–Crippen LogP) is 2.53. The summed E-state index contributed by atoms with van der Waals surface area (Å²) in [6.07, 6.45) is 2.20. The van der Waals surface area contributed by atoms with Crippen LogP contribution < -0.4 is 5.32 Å². The molecule has 96 valence electrons. The summed E-state index contributed by atoms with van der Waals surface area (Å²) in [7, 11) is 0. The van der Waals surface area contributed by atoms with Crippen LogP contribution in [0, 0.1) is 5.92 Å². The fourth-order valence-corrected chi connectivity index (χ4v) is 2.23. The van der Waals surface area contributed by atoms with Crippen molar-refractivity contribution in [2.24, 2.45) is 5.92 Å². The van der Waals surface area contributed by atoms with Gasteiger partial charge in [-0.1, -0.05) is 30.3 Å². The van der Waals surface area contributed by atoms with E-state index in [9.17, 15) is 4.79 Å². The highest BCUT2D eigenvalue weighted by Gasteiger charge is 2.43. The highest BCUT2D eigenvalue weighted by Crippen LogP contribution is 2.47. The zero-order valence-corrected chi connectivity index (χ0v) is 10.3. The van der Waals surface area contributed by atoms with Crippen LogP contribution >= 0.6 is 0 Å². The summed E-state index contributed by atoms with van der Waals surface area (Å²) in [6.45, 7) is 0. The normalized spacial score (nSPS) is 20.8. The van der Waals surface area contributed by atoms with Crippen LogP contribution in [0.1, 0.15) is 17.9 Å². The standard InChI is InChI=1S/C15H14N2O2/c18-11-6-7-14(16-9-11)17-15(19)13-8-12(13)10-4-2-1-3-5-10/h1-7,9,12-13,18H,8H2,(H,16,17,19). The number of aromatic nitrogens is 1. The quantitative estimate of drug-likeness (QED) is 0.884. The summed E-state index contributed by atoms with van der Waals surface area (Å²) >= 11 is 0. The van der Waals surface area contributed by atoms with Gasteiger partial charge in [0.2, 0.25) is 5.91 Å². The van der Waals surface area contributed by atoms with Gasteiger partial charge in [-0.15, -0.1) is 0 Å². The third kappa shape index (κ3) is 2.57. The van der Waals surface area contributed by atoms with Crippen molar-refractivity contribution in [2.75, 3.05) is 5.32 Å². The van der Waals surface area contributed by atoms with Crippen molar-refractivity contribution in [3.8, 4) is 5.75 Å². The van der Waals surface area contributed by atoms with E-state index in [2.05, 4.69) is 22.4 Å². The molecule has 1 aliphatic carbocycles. The maximum absolute atomic E-state index is 12.0. The molecule has 1 aromatic heterocycles. The summed E-state index contributed by atoms with van der Waals surface area (Å²) in [4.78, 5) is 16.0. The molecule has 4 heteroatoms. The second-order valence-corrected chi connectivity index (χ2v) is 4.75. The van der Waals surface area contributed by atoms with E-state index in [0.29, 0.717) is 11.7 Å². The summed E-state index contributed by atoms with van der Waals surface area (Å²) in [5.41, 5.74) is 1.21. The van der Waals surface area contributed by atoms with Crippen molar-refractivity contribution >= 4 is 11.7 Å². The maximum atomic E-state index is 12.0. The van der Waals surface area contributed by atoms with Crippen LogP contribution in [0.25, 0.3) is 0 Å². The van der Waals surface area contributed by atoms with Crippen molar-refractivity contribution in [3.05, 3.63) is 54.2 Å². The van der Waals surface area contributed by atoms with Crippen LogP contribution in [0.4, 0.5) is 5.82 Å². The SMILES string of the molecule is O=C(Nc1ccc(O)cn1)C1CC1c1ccccc1. The smallest absolute Gasteiger partial charge is 0.229 e. The van der Waals surface area contributed by atoms with E-state index in [1.165, 1.54) is 17.8 Å². The minimum Gasteiger partial charge on any atom is -0.506 e. The molecule has 0 radical (unpaired) electrons. The lowest BCUT2D eigenvalue weighted by Crippen LogP contribution is -2.15. The minimum absolute atomic E-state index is 0.00737. The van der Waals surface area contributed by atoms with Crippen LogP contribution in [-0.2, 0) is 4.79 Å². The minimum atomic E-state index is -0.00737. The zero-order chi connectivity index (χ0) is 13.2. The van der Waals surface area contributed by atoms with Crippen LogP contribution in [0.5, 0.6) is 5.75 Å². The molecule has 1 amide bonds. The molecule has 1 aliphatic rings. The van der Waals surface area contributed by atoms with Gasteiger partial charge in [0, 0.05) is 5.92 Å². The molecule has 2 unspecified atom stereocenters. The predicted molar refractivity (Wildman–Crippen MR) is 71.8 cm³/mol. The Morgan fingerprint density at radius 3 is 2.68 bits per heavy atom. The number of rotatable bonds is 3. The lowest BCUT2D eigenvalue weighted by molar-refractivity contribution is -0.117. The molecular formula is C15H14N2O2. The van der Waals surface area contributed by atoms with E-state index < -0.39 is 0 Å². The monoisotopic (exact) mass is 254 g/mol. The number of nitrogens with zero attached hydrogens (tertiary/aromatic N) is 1. The second kappa shape index (κ2) is 4.72. The summed E-state index contributed by atoms with van der Waals surface area (Å²) in [5, 5.41) is 11.9. The van der Waals surface area contributed by atoms with Crippen LogP contribution in [0.3, 0.4) is 0 Å². The van der Waals surface area contributed by atoms with Crippen molar-refractivity contribution in [3.63, 3.8) is 0 Å². The van der Waals surface area contributed by atoms with E-state index >= 15 is 0 Å². The molecule has 0 spiro atoms. The average molecular weight is 254 g/mol. The highest BCUT2D eigenvalue weighted by molar-refractivity contribution is 5.94. The molecule has 1 aromatic carbocycles. The van der Waals surface area contributed by atoms with Gasteiger partial charge in [0.25, 0.3) is 0 Å². The molecule has 0 bridgehead atoms. The summed E-state index contributed by atoms with van der Waals surface area (Å²) < 4.78 is 0. The Balaban J connectivity index is 1.63. The number of hydrogen-bond acceptors (Lipinski definition) is 3. The van der Waals surface area contributed by atoms with E-state index in [4.69, 9.17) is 5.11 Å². The molecule has 3 rings (SSSR count).